The van der Waals surface area contributed by atoms with Gasteiger partial charge in [-0.2, -0.15) is 0 Å². The zero-order chi connectivity index (χ0) is 13.0. The molecule has 2 rings (SSSR count). The van der Waals surface area contributed by atoms with Gasteiger partial charge >= 0.3 is 5.97 Å². The number of nitrogens with one attached hydrogen (secondary N) is 1. The number of carbonyl (C=O) groups excluding carboxylic acids is 1. The molecule has 1 atom stereocenters. The Kier molecular flexibility index (Phi) is 4.42. The minimum Gasteiger partial charge on any atom is -0.463 e. The lowest BCUT2D eigenvalue weighted by Gasteiger charge is -2.22. The molecule has 18 heavy (non-hydrogen) atoms. The Hall–Kier alpha value is -1.29. The Balaban J connectivity index is 2.14. The van der Waals surface area contributed by atoms with Crippen molar-refractivity contribution in [2.24, 2.45) is 5.92 Å². The van der Waals surface area contributed by atoms with Gasteiger partial charge in [0.15, 0.2) is 0 Å². The molecule has 0 spiro atoms. The average molecular weight is 251 g/mol. The predicted molar refractivity (Wildman–Crippen MR) is 68.4 cm³/mol. The molecule has 1 N–H and O–H groups in total. The number of hydrogen-bond acceptors (Lipinski definition) is 4. The van der Waals surface area contributed by atoms with Crippen molar-refractivity contribution in [3.8, 4) is 0 Å². The third kappa shape index (κ3) is 2.75. The summed E-state index contributed by atoms with van der Waals surface area (Å²) in [5, 5.41) is 3.47. The van der Waals surface area contributed by atoms with Gasteiger partial charge in [0.05, 0.1) is 13.2 Å². The van der Waals surface area contributed by atoms with Crippen LogP contribution >= 0.6 is 0 Å². The van der Waals surface area contributed by atoms with Crippen LogP contribution < -0.4 is 5.32 Å². The first kappa shape index (κ1) is 13.1. The summed E-state index contributed by atoms with van der Waals surface area (Å²) in [6.07, 6.45) is 5.03. The van der Waals surface area contributed by atoms with Gasteiger partial charge in [0, 0.05) is 0 Å². The Labute approximate surface area is 108 Å². The monoisotopic (exact) mass is 251 g/mol. The van der Waals surface area contributed by atoms with E-state index < -0.39 is 5.97 Å². The largest absolute Gasteiger partial charge is 0.463 e. The second kappa shape index (κ2) is 6.05. The number of carbonyl (C=O) groups is 1. The van der Waals surface area contributed by atoms with Crippen LogP contribution in [0.25, 0.3) is 0 Å². The highest BCUT2D eigenvalue weighted by Gasteiger charge is 2.28. The van der Waals surface area contributed by atoms with E-state index in [1.807, 2.05) is 6.07 Å². The molecule has 100 valence electrons. The Morgan fingerprint density at radius 3 is 2.83 bits per heavy atom. The number of furan rings is 1. The Morgan fingerprint density at radius 1 is 1.50 bits per heavy atom. The standard InChI is InChI=1S/C14H21NO3/c1-3-15-13(10-6-4-5-7-10)11-8-9-12(18-11)14(16)17-2/h8-10,13,15H,3-7H2,1-2H3. The fourth-order valence-electron chi connectivity index (χ4n) is 2.74. The minimum atomic E-state index is -0.414. The van der Waals surface area contributed by atoms with Crippen molar-refractivity contribution in [1.29, 1.82) is 0 Å². The smallest absolute Gasteiger partial charge is 0.373 e. The summed E-state index contributed by atoms with van der Waals surface area (Å²) in [6, 6.07) is 3.80. The van der Waals surface area contributed by atoms with E-state index in [1.165, 1.54) is 32.8 Å². The minimum absolute atomic E-state index is 0.218. The van der Waals surface area contributed by atoms with Crippen molar-refractivity contribution < 1.29 is 13.9 Å². The summed E-state index contributed by atoms with van der Waals surface area (Å²) < 4.78 is 10.3. The van der Waals surface area contributed by atoms with E-state index in [4.69, 9.17) is 4.42 Å². The third-order valence-electron chi connectivity index (χ3n) is 3.62. The van der Waals surface area contributed by atoms with Crippen molar-refractivity contribution in [3.05, 3.63) is 23.7 Å². The zero-order valence-electron chi connectivity index (χ0n) is 11.1. The lowest BCUT2D eigenvalue weighted by molar-refractivity contribution is 0.0561. The number of rotatable bonds is 5. The molecule has 1 aromatic heterocycles. The lowest BCUT2D eigenvalue weighted by atomic mass is 9.96. The van der Waals surface area contributed by atoms with Gasteiger partial charge in [0.2, 0.25) is 5.76 Å². The maximum absolute atomic E-state index is 11.4. The second-order valence-electron chi connectivity index (χ2n) is 4.77. The predicted octanol–water partition coefficient (Wildman–Crippen LogP) is 2.91. The summed E-state index contributed by atoms with van der Waals surface area (Å²) in [5.41, 5.74) is 0. The third-order valence-corrected chi connectivity index (χ3v) is 3.62. The summed E-state index contributed by atoms with van der Waals surface area (Å²) in [6.45, 7) is 2.99. The average Bonchev–Trinajstić information content (AvgIpc) is 3.06. The van der Waals surface area contributed by atoms with Crippen molar-refractivity contribution in [3.63, 3.8) is 0 Å². The van der Waals surface area contributed by atoms with Crippen LogP contribution in [0.3, 0.4) is 0 Å². The van der Waals surface area contributed by atoms with E-state index >= 15 is 0 Å². The molecular weight excluding hydrogens is 230 g/mol. The van der Waals surface area contributed by atoms with Gasteiger partial charge in [-0.25, -0.2) is 4.79 Å². The van der Waals surface area contributed by atoms with Crippen LogP contribution in [0.1, 0.15) is 55.0 Å². The van der Waals surface area contributed by atoms with E-state index in [0.29, 0.717) is 5.92 Å². The molecule has 0 saturated heterocycles. The van der Waals surface area contributed by atoms with Gasteiger partial charge in [-0.05, 0) is 37.4 Å². The van der Waals surface area contributed by atoms with Crippen molar-refractivity contribution >= 4 is 5.97 Å². The molecule has 1 aliphatic carbocycles. The van der Waals surface area contributed by atoms with E-state index in [-0.39, 0.29) is 11.8 Å². The van der Waals surface area contributed by atoms with Gasteiger partial charge in [-0.3, -0.25) is 0 Å². The lowest BCUT2D eigenvalue weighted by Crippen LogP contribution is -2.26. The fourth-order valence-corrected chi connectivity index (χ4v) is 2.74. The SMILES string of the molecule is CCNC(c1ccc(C(=O)OC)o1)C1CCCC1. The molecule has 1 unspecified atom stereocenters. The normalized spacial score (nSPS) is 17.9. The van der Waals surface area contributed by atoms with Gasteiger partial charge < -0.3 is 14.5 Å². The molecule has 1 aromatic rings. The molecular formula is C14H21NO3. The van der Waals surface area contributed by atoms with Crippen LogP contribution in [0.5, 0.6) is 0 Å². The number of esters is 1. The number of methoxy groups -OCH3 is 1. The van der Waals surface area contributed by atoms with E-state index in [9.17, 15) is 4.79 Å². The molecule has 4 heteroatoms. The molecule has 0 bridgehead atoms. The number of hydrogen-bond donors (Lipinski definition) is 1. The Morgan fingerprint density at radius 2 is 2.22 bits per heavy atom. The highest BCUT2D eigenvalue weighted by Crippen LogP contribution is 2.36. The van der Waals surface area contributed by atoms with Gasteiger partial charge in [-0.1, -0.05) is 19.8 Å². The van der Waals surface area contributed by atoms with Crippen LogP contribution in [0.15, 0.2) is 16.5 Å². The van der Waals surface area contributed by atoms with Crippen LogP contribution in [-0.2, 0) is 4.74 Å². The van der Waals surface area contributed by atoms with E-state index in [1.54, 1.807) is 6.07 Å². The molecule has 1 saturated carbocycles. The molecule has 0 radical (unpaired) electrons. The molecule has 0 amide bonds. The van der Waals surface area contributed by atoms with E-state index in [0.717, 1.165) is 12.3 Å². The first-order valence-corrected chi connectivity index (χ1v) is 6.67. The van der Waals surface area contributed by atoms with Crippen molar-refractivity contribution in [2.75, 3.05) is 13.7 Å². The molecule has 0 aliphatic heterocycles. The van der Waals surface area contributed by atoms with Crippen LogP contribution in [-0.4, -0.2) is 19.6 Å². The van der Waals surface area contributed by atoms with Crippen molar-refractivity contribution in [2.45, 2.75) is 38.6 Å². The molecule has 1 heterocycles. The van der Waals surface area contributed by atoms with E-state index in [2.05, 4.69) is 17.0 Å². The maximum Gasteiger partial charge on any atom is 0.373 e. The van der Waals surface area contributed by atoms with Crippen molar-refractivity contribution in [1.82, 2.24) is 5.32 Å². The fraction of sp³-hybridized carbons (Fsp3) is 0.643. The van der Waals surface area contributed by atoms with Crippen LogP contribution in [0.4, 0.5) is 0 Å². The molecule has 1 fully saturated rings. The first-order valence-electron chi connectivity index (χ1n) is 6.67. The Bertz CT molecular complexity index is 393. The first-order chi connectivity index (χ1) is 8.76. The summed E-state index contributed by atoms with van der Waals surface area (Å²) >= 11 is 0. The zero-order valence-corrected chi connectivity index (χ0v) is 11.1. The van der Waals surface area contributed by atoms with Crippen LogP contribution in [0, 0.1) is 5.92 Å². The summed E-state index contributed by atoms with van der Waals surface area (Å²) in [7, 11) is 1.36. The maximum atomic E-state index is 11.4. The topological polar surface area (TPSA) is 51.5 Å². The van der Waals surface area contributed by atoms with Crippen LogP contribution in [0.2, 0.25) is 0 Å². The summed E-state index contributed by atoms with van der Waals surface area (Å²) in [5.74, 6) is 1.34. The molecule has 1 aliphatic rings. The van der Waals surface area contributed by atoms with Gasteiger partial charge in [-0.15, -0.1) is 0 Å². The van der Waals surface area contributed by atoms with Gasteiger partial charge in [0.1, 0.15) is 5.76 Å². The highest BCUT2D eigenvalue weighted by atomic mass is 16.5. The number of ether oxygens (including phenoxy) is 1. The quantitative estimate of drug-likeness (QED) is 0.817. The van der Waals surface area contributed by atoms with Gasteiger partial charge in [0.25, 0.3) is 0 Å². The summed E-state index contributed by atoms with van der Waals surface area (Å²) in [4.78, 5) is 11.4. The second-order valence-corrected chi connectivity index (χ2v) is 4.77. The molecule has 0 aromatic carbocycles. The highest BCUT2D eigenvalue weighted by molar-refractivity contribution is 5.86. The molecule has 4 nitrogen and oxygen atoms in total.